The first-order valence-corrected chi connectivity index (χ1v) is 8.69. The summed E-state index contributed by atoms with van der Waals surface area (Å²) in [4.78, 5) is 23.9. The number of aryl methyl sites for hydroxylation is 1. The Kier molecular flexibility index (Phi) is 5.31. The summed E-state index contributed by atoms with van der Waals surface area (Å²) in [5.74, 6) is -1.23. The van der Waals surface area contributed by atoms with E-state index in [1.165, 1.54) is 25.0 Å². The zero-order chi connectivity index (χ0) is 21.3. The van der Waals surface area contributed by atoms with Gasteiger partial charge in [-0.25, -0.2) is 9.18 Å². The summed E-state index contributed by atoms with van der Waals surface area (Å²) in [7, 11) is 2.97. The molecule has 1 heterocycles. The molecule has 0 aliphatic carbocycles. The summed E-state index contributed by atoms with van der Waals surface area (Å²) in [5, 5.41) is 12.1. The minimum Gasteiger partial charge on any atom is -0.497 e. The lowest BCUT2D eigenvalue weighted by atomic mass is 10.1. The van der Waals surface area contributed by atoms with Gasteiger partial charge in [0.1, 0.15) is 28.6 Å². The Hall–Kier alpha value is -3.75. The molecule has 29 heavy (non-hydrogen) atoms. The van der Waals surface area contributed by atoms with Crippen LogP contribution >= 0.6 is 0 Å². The minimum absolute atomic E-state index is 0.0197. The molecule has 152 valence electrons. The minimum atomic E-state index is -1.39. The number of methoxy groups -OCH3 is 2. The van der Waals surface area contributed by atoms with Crippen molar-refractivity contribution in [3.05, 3.63) is 52.1 Å². The number of pyridine rings is 1. The number of hydrogen-bond donors (Lipinski definition) is 3. The number of nitrogens with one attached hydrogen (secondary N) is 1. The second kappa shape index (κ2) is 7.70. The molecule has 3 rings (SSSR count). The number of ether oxygens (including phenoxy) is 2. The van der Waals surface area contributed by atoms with E-state index in [0.717, 1.165) is 6.07 Å². The van der Waals surface area contributed by atoms with Crippen molar-refractivity contribution < 1.29 is 23.8 Å². The Morgan fingerprint density at radius 3 is 2.59 bits per heavy atom. The van der Waals surface area contributed by atoms with Crippen LogP contribution < -0.4 is 26.0 Å². The molecule has 0 aliphatic rings. The Balaban J connectivity index is 2.24. The highest BCUT2D eigenvalue weighted by Gasteiger charge is 2.21. The normalized spacial score (nSPS) is 10.8. The monoisotopic (exact) mass is 401 g/mol. The summed E-state index contributed by atoms with van der Waals surface area (Å²) < 4.78 is 26.9. The van der Waals surface area contributed by atoms with Gasteiger partial charge in [0, 0.05) is 18.8 Å². The molecule has 4 N–H and O–H groups in total. The molecule has 0 atom stereocenters. The van der Waals surface area contributed by atoms with E-state index in [2.05, 4.69) is 5.32 Å². The van der Waals surface area contributed by atoms with Crippen molar-refractivity contribution in [1.29, 1.82) is 0 Å². The van der Waals surface area contributed by atoms with Crippen LogP contribution in [-0.4, -0.2) is 29.9 Å². The van der Waals surface area contributed by atoms with E-state index in [0.29, 0.717) is 23.7 Å². The molecule has 0 amide bonds. The third kappa shape index (κ3) is 3.42. The van der Waals surface area contributed by atoms with Gasteiger partial charge < -0.3 is 30.2 Å². The van der Waals surface area contributed by atoms with E-state index < -0.39 is 22.8 Å². The van der Waals surface area contributed by atoms with E-state index in [1.807, 2.05) is 0 Å². The van der Waals surface area contributed by atoms with Gasteiger partial charge in [0.25, 0.3) is 0 Å². The molecule has 9 heteroatoms. The molecule has 3 aromatic rings. The molecule has 0 aliphatic heterocycles. The largest absolute Gasteiger partial charge is 0.497 e. The van der Waals surface area contributed by atoms with Gasteiger partial charge in [0.2, 0.25) is 5.43 Å². The second-order valence-electron chi connectivity index (χ2n) is 6.20. The SMILES string of the molecule is CCn1cc(C(=O)O)c(=O)c2cc(F)c(Nc3ccc(OC)cc3OC)c(N)c21. The highest BCUT2D eigenvalue weighted by molar-refractivity contribution is 6.01. The number of nitrogen functional groups attached to an aromatic ring is 1. The van der Waals surface area contributed by atoms with Crippen LogP contribution in [0.1, 0.15) is 17.3 Å². The van der Waals surface area contributed by atoms with Crippen molar-refractivity contribution in [2.24, 2.45) is 0 Å². The number of nitrogens with two attached hydrogens (primary N) is 1. The molecule has 0 saturated carbocycles. The number of nitrogens with zero attached hydrogens (tertiary/aromatic N) is 1. The quantitative estimate of drug-likeness (QED) is 0.543. The zero-order valence-corrected chi connectivity index (χ0v) is 16.1. The average molecular weight is 401 g/mol. The summed E-state index contributed by atoms with van der Waals surface area (Å²) >= 11 is 0. The number of carboxylic acids is 1. The van der Waals surface area contributed by atoms with Crippen LogP contribution in [-0.2, 0) is 6.54 Å². The number of benzene rings is 2. The molecule has 0 bridgehead atoms. The van der Waals surface area contributed by atoms with Gasteiger partial charge in [-0.05, 0) is 25.1 Å². The van der Waals surface area contributed by atoms with Crippen LogP contribution in [0.4, 0.5) is 21.5 Å². The number of rotatable bonds is 6. The first kappa shape index (κ1) is 20.0. The van der Waals surface area contributed by atoms with E-state index in [4.69, 9.17) is 15.2 Å². The molecule has 0 spiro atoms. The average Bonchev–Trinajstić information content (AvgIpc) is 2.71. The lowest BCUT2D eigenvalue weighted by Crippen LogP contribution is -2.20. The Labute approximate surface area is 165 Å². The van der Waals surface area contributed by atoms with E-state index in [1.54, 1.807) is 25.1 Å². The lowest BCUT2D eigenvalue weighted by Gasteiger charge is -2.18. The molecule has 0 radical (unpaired) electrons. The Morgan fingerprint density at radius 1 is 1.28 bits per heavy atom. The summed E-state index contributed by atoms with van der Waals surface area (Å²) in [6.07, 6.45) is 1.21. The van der Waals surface area contributed by atoms with Crippen LogP contribution in [0.3, 0.4) is 0 Å². The van der Waals surface area contributed by atoms with Gasteiger partial charge in [0.15, 0.2) is 0 Å². The number of carbonyl (C=O) groups is 1. The van der Waals surface area contributed by atoms with Gasteiger partial charge in [0.05, 0.1) is 36.5 Å². The summed E-state index contributed by atoms with van der Waals surface area (Å²) in [6.45, 7) is 2.09. The molecule has 8 nitrogen and oxygen atoms in total. The molecule has 1 aromatic heterocycles. The highest BCUT2D eigenvalue weighted by atomic mass is 19.1. The van der Waals surface area contributed by atoms with Crippen LogP contribution in [0.15, 0.2) is 35.3 Å². The fraction of sp³-hybridized carbons (Fsp3) is 0.200. The third-order valence-corrected chi connectivity index (χ3v) is 4.59. The van der Waals surface area contributed by atoms with Crippen molar-refractivity contribution in [3.8, 4) is 11.5 Å². The molecule has 2 aromatic carbocycles. The predicted octanol–water partition coefficient (Wildman–Crippen LogP) is 3.20. The first-order valence-electron chi connectivity index (χ1n) is 8.69. The standard InChI is InChI=1S/C20H20FN3O5/c1-4-24-9-12(20(26)27)19(25)11-8-13(21)17(16(22)18(11)24)23-14-6-5-10(28-2)7-15(14)29-3/h5-9,23H,4,22H2,1-3H3,(H,26,27). The van der Waals surface area contributed by atoms with Gasteiger partial charge in [-0.15, -0.1) is 0 Å². The van der Waals surface area contributed by atoms with Crippen molar-refractivity contribution in [1.82, 2.24) is 4.57 Å². The molecule has 0 saturated heterocycles. The van der Waals surface area contributed by atoms with Crippen molar-refractivity contribution in [2.75, 3.05) is 25.3 Å². The van der Waals surface area contributed by atoms with Gasteiger partial charge in [-0.2, -0.15) is 0 Å². The first-order chi connectivity index (χ1) is 13.8. The van der Waals surface area contributed by atoms with Gasteiger partial charge in [-0.3, -0.25) is 4.79 Å². The fourth-order valence-corrected chi connectivity index (χ4v) is 3.13. The number of anilines is 3. The van der Waals surface area contributed by atoms with E-state index in [-0.39, 0.29) is 22.3 Å². The molecule has 0 fully saturated rings. The number of aromatic nitrogens is 1. The number of aromatic carboxylic acids is 1. The van der Waals surface area contributed by atoms with Crippen LogP contribution in [0.5, 0.6) is 11.5 Å². The Morgan fingerprint density at radius 2 is 2.00 bits per heavy atom. The van der Waals surface area contributed by atoms with Crippen molar-refractivity contribution in [2.45, 2.75) is 13.5 Å². The van der Waals surface area contributed by atoms with E-state index in [9.17, 15) is 19.1 Å². The fourth-order valence-electron chi connectivity index (χ4n) is 3.13. The highest BCUT2D eigenvalue weighted by Crippen LogP contribution is 2.37. The number of fused-ring (bicyclic) bond motifs is 1. The van der Waals surface area contributed by atoms with Crippen molar-refractivity contribution in [3.63, 3.8) is 0 Å². The number of halogens is 1. The van der Waals surface area contributed by atoms with Gasteiger partial charge >= 0.3 is 5.97 Å². The number of hydrogen-bond acceptors (Lipinski definition) is 6. The van der Waals surface area contributed by atoms with Crippen molar-refractivity contribution >= 4 is 33.9 Å². The predicted molar refractivity (Wildman–Crippen MR) is 108 cm³/mol. The maximum absolute atomic E-state index is 14.9. The summed E-state index contributed by atoms with van der Waals surface area (Å²) in [5.41, 5.74) is 5.58. The Bertz CT molecular complexity index is 1170. The second-order valence-corrected chi connectivity index (χ2v) is 6.20. The molecule has 0 unspecified atom stereocenters. The summed E-state index contributed by atoms with van der Waals surface area (Å²) in [6, 6.07) is 5.92. The maximum atomic E-state index is 14.9. The van der Waals surface area contributed by atoms with E-state index >= 15 is 0 Å². The van der Waals surface area contributed by atoms with Crippen LogP contribution in [0.2, 0.25) is 0 Å². The molecular weight excluding hydrogens is 381 g/mol. The lowest BCUT2D eigenvalue weighted by molar-refractivity contribution is 0.0695. The maximum Gasteiger partial charge on any atom is 0.341 e. The topological polar surface area (TPSA) is 116 Å². The van der Waals surface area contributed by atoms with Crippen LogP contribution in [0.25, 0.3) is 10.9 Å². The third-order valence-electron chi connectivity index (χ3n) is 4.59. The smallest absolute Gasteiger partial charge is 0.341 e. The van der Waals surface area contributed by atoms with Crippen LogP contribution in [0, 0.1) is 5.82 Å². The van der Waals surface area contributed by atoms with Gasteiger partial charge in [-0.1, -0.05) is 0 Å². The molecular formula is C20H20FN3O5. The zero-order valence-electron chi connectivity index (χ0n) is 16.1. The number of carboxylic acid groups (broad SMARTS) is 1.